The van der Waals surface area contributed by atoms with Crippen LogP contribution in [0.15, 0.2) is 54.7 Å². The Kier molecular flexibility index (Phi) is 20.0. The average molecular weight is 923 g/mol. The topological polar surface area (TPSA) is 334 Å². The van der Waals surface area contributed by atoms with E-state index in [4.69, 9.17) is 10.3 Å². The summed E-state index contributed by atoms with van der Waals surface area (Å²) >= 11 is 2.79. The lowest BCUT2D eigenvalue weighted by molar-refractivity contribution is -0.141. The van der Waals surface area contributed by atoms with Crippen LogP contribution in [0.5, 0.6) is 5.75 Å². The molecule has 0 unspecified atom stereocenters. The maximum absolute atomic E-state index is 13.9. The first-order valence-electron chi connectivity index (χ1n) is 18.8. The number of fused-ring (bicyclic) bond motifs is 1. The van der Waals surface area contributed by atoms with Gasteiger partial charge in [-0.1, -0.05) is 30.3 Å². The number of primary amides is 1. The van der Waals surface area contributed by atoms with Crippen molar-refractivity contribution >= 4 is 92.1 Å². The molecule has 2 aromatic carbocycles. The molecule has 62 heavy (non-hydrogen) atoms. The van der Waals surface area contributed by atoms with Gasteiger partial charge >= 0.3 is 16.4 Å². The lowest BCUT2D eigenvalue weighted by atomic mass is 10.0. The summed E-state index contributed by atoms with van der Waals surface area (Å²) < 4.78 is 35.7. The first-order valence-corrected chi connectivity index (χ1v) is 23.0. The fourth-order valence-electron chi connectivity index (χ4n) is 5.99. The van der Waals surface area contributed by atoms with Crippen LogP contribution in [-0.4, -0.2) is 131 Å². The number of carbonyl (C=O) groups excluding carboxylic acids is 7. The second-order valence-corrected chi connectivity index (χ2v) is 16.8. The number of nitrogens with two attached hydrogens (primary N) is 1. The molecule has 0 aliphatic rings. The van der Waals surface area contributed by atoms with Crippen molar-refractivity contribution in [2.75, 3.05) is 30.6 Å². The van der Waals surface area contributed by atoms with Gasteiger partial charge in [-0.2, -0.15) is 31.9 Å². The molecule has 0 spiro atoms. The van der Waals surface area contributed by atoms with Crippen molar-refractivity contribution < 1.29 is 60.6 Å². The number of nitrogens with one attached hydrogen (secondary N) is 7. The largest absolute Gasteiger partial charge is 0.481 e. The number of carbonyl (C=O) groups is 8. The van der Waals surface area contributed by atoms with Crippen LogP contribution in [0.2, 0.25) is 0 Å². The van der Waals surface area contributed by atoms with Gasteiger partial charge in [-0.25, -0.2) is 0 Å². The number of rotatable bonds is 26. The van der Waals surface area contributed by atoms with Crippen molar-refractivity contribution in [2.24, 2.45) is 5.73 Å². The minimum absolute atomic E-state index is 0.00536. The zero-order valence-corrected chi connectivity index (χ0v) is 36.4. The molecule has 0 aliphatic heterocycles. The molecule has 3 aromatic rings. The molecule has 1 aromatic heterocycles. The predicted octanol–water partition coefficient (Wildman–Crippen LogP) is -0.839. The number of H-pyrrole nitrogens is 1. The van der Waals surface area contributed by atoms with E-state index in [2.05, 4.69) is 41.1 Å². The van der Waals surface area contributed by atoms with E-state index in [1.807, 2.05) is 24.5 Å². The van der Waals surface area contributed by atoms with Gasteiger partial charge in [0.25, 0.3) is 0 Å². The van der Waals surface area contributed by atoms with Crippen molar-refractivity contribution in [3.05, 3.63) is 65.9 Å². The third-order valence-corrected chi connectivity index (χ3v) is 10.6. The fraction of sp³-hybridized carbons (Fsp3) is 0.421. The van der Waals surface area contributed by atoms with Gasteiger partial charge in [0.1, 0.15) is 36.0 Å². The number of aliphatic carboxylic acids is 1. The summed E-state index contributed by atoms with van der Waals surface area (Å²) in [6.45, 7) is 0.406. The second kappa shape index (κ2) is 24.6. The number of carboxylic acids is 1. The van der Waals surface area contributed by atoms with Gasteiger partial charge < -0.3 is 51.9 Å². The third kappa shape index (κ3) is 17.3. The number of para-hydroxylation sites is 1. The highest BCUT2D eigenvalue weighted by Gasteiger charge is 2.32. The molecule has 0 bridgehead atoms. The zero-order valence-electron chi connectivity index (χ0n) is 33.9. The number of amides is 7. The molecule has 24 heteroatoms. The van der Waals surface area contributed by atoms with Gasteiger partial charge in [0.05, 0.1) is 13.0 Å². The number of hydrogen-bond acceptors (Lipinski definition) is 13. The predicted molar refractivity (Wildman–Crippen MR) is 230 cm³/mol. The molecule has 338 valence electrons. The summed E-state index contributed by atoms with van der Waals surface area (Å²) in [5.41, 5.74) is 7.32. The summed E-state index contributed by atoms with van der Waals surface area (Å²) in [5.74, 6) is -6.62. The third-order valence-electron chi connectivity index (χ3n) is 8.96. The Labute approximate surface area is 365 Å². The summed E-state index contributed by atoms with van der Waals surface area (Å²) in [4.78, 5) is 106. The van der Waals surface area contributed by atoms with E-state index in [0.717, 1.165) is 30.0 Å². The maximum Gasteiger partial charge on any atom is 0.446 e. The summed E-state index contributed by atoms with van der Waals surface area (Å²) in [6.07, 6.45) is 4.39. The maximum atomic E-state index is 13.9. The normalized spacial score (nSPS) is 13.6. The Morgan fingerprint density at radius 1 is 0.742 bits per heavy atom. The van der Waals surface area contributed by atoms with Crippen molar-refractivity contribution in [3.63, 3.8) is 0 Å². The van der Waals surface area contributed by atoms with Crippen LogP contribution < -0.4 is 41.8 Å². The molecule has 0 radical (unpaired) electrons. The second-order valence-electron chi connectivity index (χ2n) is 13.8. The van der Waals surface area contributed by atoms with Crippen LogP contribution in [0.3, 0.4) is 0 Å². The monoisotopic (exact) mass is 922 g/mol. The molecular formula is C38H50N8O13S3. The van der Waals surface area contributed by atoms with Crippen molar-refractivity contribution in [2.45, 2.75) is 69.2 Å². The molecular weight excluding hydrogens is 873 g/mol. The highest BCUT2D eigenvalue weighted by atomic mass is 32.3. The average Bonchev–Trinajstić information content (AvgIpc) is 3.61. The van der Waals surface area contributed by atoms with Crippen LogP contribution in [0.25, 0.3) is 10.9 Å². The minimum Gasteiger partial charge on any atom is -0.481 e. The van der Waals surface area contributed by atoms with Gasteiger partial charge in [0.15, 0.2) is 0 Å². The van der Waals surface area contributed by atoms with E-state index >= 15 is 0 Å². The van der Waals surface area contributed by atoms with Gasteiger partial charge in [-0.3, -0.25) is 42.9 Å². The molecule has 11 N–H and O–H groups in total. The number of aromatic nitrogens is 1. The van der Waals surface area contributed by atoms with Crippen LogP contribution in [0.1, 0.15) is 37.3 Å². The zero-order chi connectivity index (χ0) is 46.0. The number of benzene rings is 2. The van der Waals surface area contributed by atoms with E-state index in [0.29, 0.717) is 22.6 Å². The van der Waals surface area contributed by atoms with Gasteiger partial charge in [0, 0.05) is 36.9 Å². The number of hydrogen-bond donors (Lipinski definition) is 10. The quantitative estimate of drug-likeness (QED) is 0.0439. The Morgan fingerprint density at radius 3 is 1.89 bits per heavy atom. The Hall–Kier alpha value is -5.85. The van der Waals surface area contributed by atoms with Crippen LogP contribution >= 0.6 is 23.5 Å². The van der Waals surface area contributed by atoms with Crippen molar-refractivity contribution in [3.8, 4) is 5.75 Å². The molecule has 0 saturated carbocycles. The van der Waals surface area contributed by atoms with Gasteiger partial charge in [-0.15, -0.1) is 0 Å². The van der Waals surface area contributed by atoms with E-state index in [-0.39, 0.29) is 31.4 Å². The van der Waals surface area contributed by atoms with E-state index in [9.17, 15) is 51.9 Å². The smallest absolute Gasteiger partial charge is 0.446 e. The SMILES string of the molecule is CSCC[C@H](NC(=O)[C@H](Cc1c[nH]c2ccccc12)NC(=O)CNC(=O)[C@H](CCSC)NC(=O)[C@H](Cc1ccc(OS(=O)(=O)O)cc1)NC(=O)[C@H](CC(=O)O)NC(C)=O)C(N)=O. The molecule has 1 heterocycles. The van der Waals surface area contributed by atoms with Crippen LogP contribution in [-0.2, 0) is 61.6 Å². The summed E-state index contributed by atoms with van der Waals surface area (Å²) in [5, 5.41) is 25.0. The number of carboxylic acid groups (broad SMARTS) is 1. The first-order chi connectivity index (χ1) is 29.3. The Bertz CT molecular complexity index is 2170. The molecule has 0 saturated heterocycles. The highest BCUT2D eigenvalue weighted by Crippen LogP contribution is 2.20. The lowest BCUT2D eigenvalue weighted by Crippen LogP contribution is -2.58. The Morgan fingerprint density at radius 2 is 1.31 bits per heavy atom. The molecule has 0 fully saturated rings. The lowest BCUT2D eigenvalue weighted by Gasteiger charge is -2.25. The molecule has 0 aliphatic carbocycles. The van der Waals surface area contributed by atoms with E-state index in [1.165, 1.54) is 35.7 Å². The van der Waals surface area contributed by atoms with Crippen LogP contribution in [0.4, 0.5) is 0 Å². The minimum atomic E-state index is -4.85. The summed E-state index contributed by atoms with van der Waals surface area (Å²) in [6, 6.07) is 5.59. The molecule has 3 rings (SSSR count). The molecule has 5 atom stereocenters. The fourth-order valence-corrected chi connectivity index (χ4v) is 7.28. The van der Waals surface area contributed by atoms with Gasteiger partial charge in [-0.05, 0) is 66.2 Å². The van der Waals surface area contributed by atoms with Crippen molar-refractivity contribution in [1.82, 2.24) is 36.9 Å². The van der Waals surface area contributed by atoms with Gasteiger partial charge in [0.2, 0.25) is 41.4 Å². The Balaban J connectivity index is 1.82. The molecule has 21 nitrogen and oxygen atoms in total. The molecule has 7 amide bonds. The first kappa shape index (κ1) is 50.5. The highest BCUT2D eigenvalue weighted by molar-refractivity contribution is 7.98. The van der Waals surface area contributed by atoms with E-state index < -0.39 is 101 Å². The standard InChI is InChI=1S/C38H50N8O13S3/c1-21(47)42-31(18-33(49)50)38(55)46-29(16-22-8-10-24(11-9-22)59-62(56,57)58)36(53)45-28(13-15-61-3)35(52)41-20-32(48)43-30(37(54)44-27(34(39)51)12-14-60-2)17-23-19-40-26-7-5-4-6-25(23)26/h4-11,19,27-31,40H,12-18,20H2,1-3H3,(H2,39,51)(H,41,52)(H,42,47)(H,43,48)(H,44,54)(H,45,53)(H,46,55)(H,49,50)(H,56,57,58)/t27-,28-,29-,30-,31-/m0/s1. The number of aromatic amines is 1. The van der Waals surface area contributed by atoms with E-state index in [1.54, 1.807) is 18.5 Å². The summed E-state index contributed by atoms with van der Waals surface area (Å²) in [7, 11) is -4.85. The van der Waals surface area contributed by atoms with Crippen LogP contribution in [0, 0.1) is 0 Å². The van der Waals surface area contributed by atoms with Crippen molar-refractivity contribution in [1.29, 1.82) is 0 Å². The number of thioether (sulfide) groups is 2.